The van der Waals surface area contributed by atoms with Gasteiger partial charge in [0.2, 0.25) is 5.91 Å². The number of carbonyl (C=O) groups is 1. The zero-order valence-corrected chi connectivity index (χ0v) is 15.9. The molecule has 1 aromatic carbocycles. The predicted molar refractivity (Wildman–Crippen MR) is 99.7 cm³/mol. The van der Waals surface area contributed by atoms with E-state index in [1.165, 1.54) is 12.1 Å². The minimum Gasteiger partial charge on any atom is -0.405 e. The molecule has 1 unspecified atom stereocenters. The van der Waals surface area contributed by atoms with E-state index >= 15 is 0 Å². The third-order valence-corrected chi connectivity index (χ3v) is 5.71. The van der Waals surface area contributed by atoms with Gasteiger partial charge in [-0.05, 0) is 37.6 Å². The Morgan fingerprint density at radius 1 is 1.03 bits per heavy atom. The number of rotatable bonds is 5. The van der Waals surface area contributed by atoms with E-state index in [2.05, 4.69) is 9.72 Å². The number of para-hydroxylation sites is 1. The van der Waals surface area contributed by atoms with E-state index in [9.17, 15) is 18.0 Å². The van der Waals surface area contributed by atoms with Crippen molar-refractivity contribution < 1.29 is 22.7 Å². The molecule has 8 heteroatoms. The van der Waals surface area contributed by atoms with Crippen molar-refractivity contribution in [3.05, 3.63) is 59.9 Å². The molecule has 0 bridgehead atoms. The van der Waals surface area contributed by atoms with Crippen molar-refractivity contribution >= 4 is 5.91 Å². The monoisotopic (exact) mass is 405 g/mol. The molecule has 2 aliphatic heterocycles. The number of hydrogen-bond acceptors (Lipinski definition) is 4. The van der Waals surface area contributed by atoms with Crippen LogP contribution < -0.4 is 4.74 Å². The number of ether oxygens (including phenoxy) is 1. The number of alkyl halides is 3. The van der Waals surface area contributed by atoms with Crippen LogP contribution >= 0.6 is 0 Å². The molecule has 2 saturated heterocycles. The molecule has 5 nitrogen and oxygen atoms in total. The van der Waals surface area contributed by atoms with Gasteiger partial charge >= 0.3 is 6.36 Å². The van der Waals surface area contributed by atoms with Crippen molar-refractivity contribution in [3.63, 3.8) is 0 Å². The minimum absolute atomic E-state index is 0.116. The quantitative estimate of drug-likeness (QED) is 0.763. The highest BCUT2D eigenvalue weighted by atomic mass is 19.4. The molecule has 1 spiro atoms. The number of pyridine rings is 1. The Kier molecular flexibility index (Phi) is 5.21. The molecular weight excluding hydrogens is 383 g/mol. The summed E-state index contributed by atoms with van der Waals surface area (Å²) in [6, 6.07) is 11.8. The molecule has 0 N–H and O–H groups in total. The molecule has 0 aliphatic carbocycles. The zero-order valence-electron chi connectivity index (χ0n) is 15.9. The van der Waals surface area contributed by atoms with Gasteiger partial charge in [-0.15, -0.1) is 13.2 Å². The fraction of sp³-hybridized carbons (Fsp3) is 0.429. The van der Waals surface area contributed by atoms with Gasteiger partial charge in [0.25, 0.3) is 0 Å². The van der Waals surface area contributed by atoms with E-state index in [4.69, 9.17) is 0 Å². The molecule has 1 amide bonds. The summed E-state index contributed by atoms with van der Waals surface area (Å²) < 4.78 is 42.1. The summed E-state index contributed by atoms with van der Waals surface area (Å²) in [6.07, 6.45) is -1.54. The van der Waals surface area contributed by atoms with Crippen LogP contribution in [0.15, 0.2) is 48.7 Å². The lowest BCUT2D eigenvalue weighted by atomic mass is 9.85. The van der Waals surface area contributed by atoms with Crippen LogP contribution in [0.3, 0.4) is 0 Å². The molecular formula is C21H22F3N3O2. The molecule has 29 heavy (non-hydrogen) atoms. The molecule has 1 aromatic heterocycles. The zero-order chi connectivity index (χ0) is 20.5. The van der Waals surface area contributed by atoms with E-state index in [0.29, 0.717) is 44.7 Å². The first-order chi connectivity index (χ1) is 13.8. The van der Waals surface area contributed by atoms with E-state index in [1.54, 1.807) is 18.3 Å². The number of halogens is 3. The largest absolute Gasteiger partial charge is 0.573 e. The minimum atomic E-state index is -4.73. The van der Waals surface area contributed by atoms with Crippen molar-refractivity contribution in [2.75, 3.05) is 19.6 Å². The number of nitrogens with zero attached hydrogens (tertiary/aromatic N) is 3. The molecule has 1 atom stereocenters. The SMILES string of the molecule is O=C1N(Cc2ccccn2)CCC12CCN(Cc1ccccc1OC(F)(F)F)C2. The second-order valence-corrected chi connectivity index (χ2v) is 7.69. The average molecular weight is 405 g/mol. The van der Waals surface area contributed by atoms with E-state index < -0.39 is 11.8 Å². The van der Waals surface area contributed by atoms with Gasteiger partial charge in [0.1, 0.15) is 5.75 Å². The van der Waals surface area contributed by atoms with Crippen LogP contribution in [-0.2, 0) is 17.9 Å². The number of amides is 1. The average Bonchev–Trinajstić information content (AvgIpc) is 3.22. The maximum atomic E-state index is 13.1. The Bertz CT molecular complexity index is 875. The predicted octanol–water partition coefficient (Wildman–Crippen LogP) is 3.60. The normalized spacial score (nSPS) is 22.6. The van der Waals surface area contributed by atoms with Gasteiger partial charge in [0.15, 0.2) is 0 Å². The third kappa shape index (κ3) is 4.37. The van der Waals surface area contributed by atoms with Gasteiger partial charge in [-0.25, -0.2) is 0 Å². The number of aromatic nitrogens is 1. The third-order valence-electron chi connectivity index (χ3n) is 5.71. The summed E-state index contributed by atoms with van der Waals surface area (Å²) in [6.45, 7) is 2.71. The summed E-state index contributed by atoms with van der Waals surface area (Å²) >= 11 is 0. The van der Waals surface area contributed by atoms with Crippen molar-refractivity contribution in [2.24, 2.45) is 5.41 Å². The maximum Gasteiger partial charge on any atom is 0.573 e. The van der Waals surface area contributed by atoms with Crippen LogP contribution in [0.4, 0.5) is 13.2 Å². The lowest BCUT2D eigenvalue weighted by molar-refractivity contribution is -0.275. The molecule has 154 valence electrons. The first kappa shape index (κ1) is 19.7. The van der Waals surface area contributed by atoms with E-state index in [0.717, 1.165) is 12.1 Å². The highest BCUT2D eigenvalue weighted by Crippen LogP contribution is 2.42. The maximum absolute atomic E-state index is 13.1. The Balaban J connectivity index is 1.41. The summed E-state index contributed by atoms with van der Waals surface area (Å²) in [5.41, 5.74) is 0.873. The highest BCUT2D eigenvalue weighted by Gasteiger charge is 2.50. The van der Waals surface area contributed by atoms with Crippen LogP contribution in [0.5, 0.6) is 5.75 Å². The summed E-state index contributed by atoms with van der Waals surface area (Å²) in [7, 11) is 0. The van der Waals surface area contributed by atoms with Crippen molar-refractivity contribution in [3.8, 4) is 5.75 Å². The second kappa shape index (κ2) is 7.67. The molecule has 0 radical (unpaired) electrons. The number of carbonyl (C=O) groups excluding carboxylic acids is 1. The second-order valence-electron chi connectivity index (χ2n) is 7.69. The molecule has 3 heterocycles. The molecule has 2 fully saturated rings. The van der Waals surface area contributed by atoms with Crippen molar-refractivity contribution in [2.45, 2.75) is 32.3 Å². The number of benzene rings is 1. The fourth-order valence-corrected chi connectivity index (χ4v) is 4.30. The lowest BCUT2D eigenvalue weighted by Gasteiger charge is -2.24. The van der Waals surface area contributed by atoms with Crippen LogP contribution in [0.2, 0.25) is 0 Å². The Morgan fingerprint density at radius 2 is 1.79 bits per heavy atom. The van der Waals surface area contributed by atoms with Crippen LogP contribution in [0.1, 0.15) is 24.1 Å². The Labute approximate surface area is 167 Å². The molecule has 2 aliphatic rings. The number of hydrogen-bond donors (Lipinski definition) is 0. The van der Waals surface area contributed by atoms with E-state index in [-0.39, 0.29) is 11.7 Å². The molecule has 0 saturated carbocycles. The fourth-order valence-electron chi connectivity index (χ4n) is 4.30. The summed E-state index contributed by atoms with van der Waals surface area (Å²) in [5, 5.41) is 0. The Morgan fingerprint density at radius 3 is 2.55 bits per heavy atom. The highest BCUT2D eigenvalue weighted by molar-refractivity contribution is 5.85. The van der Waals surface area contributed by atoms with Gasteiger partial charge in [0, 0.05) is 31.4 Å². The van der Waals surface area contributed by atoms with Gasteiger partial charge in [-0.1, -0.05) is 24.3 Å². The van der Waals surface area contributed by atoms with Gasteiger partial charge in [-0.3, -0.25) is 14.7 Å². The Hall–Kier alpha value is -2.61. The first-order valence-corrected chi connectivity index (χ1v) is 9.60. The van der Waals surface area contributed by atoms with Crippen LogP contribution in [-0.4, -0.2) is 46.7 Å². The van der Waals surface area contributed by atoms with Crippen LogP contribution in [0.25, 0.3) is 0 Å². The van der Waals surface area contributed by atoms with Gasteiger partial charge in [0.05, 0.1) is 17.7 Å². The standard InChI is InChI=1S/C21H22F3N3O2/c22-21(23,24)29-18-7-2-1-5-16(18)13-26-11-8-20(15-26)9-12-27(19(20)28)14-17-6-3-4-10-25-17/h1-7,10H,8-9,11-15H2. The smallest absolute Gasteiger partial charge is 0.405 e. The van der Waals surface area contributed by atoms with Crippen molar-refractivity contribution in [1.29, 1.82) is 0 Å². The first-order valence-electron chi connectivity index (χ1n) is 9.60. The molecule has 2 aromatic rings. The van der Waals surface area contributed by atoms with Crippen molar-refractivity contribution in [1.82, 2.24) is 14.8 Å². The summed E-state index contributed by atoms with van der Waals surface area (Å²) in [4.78, 5) is 21.3. The van der Waals surface area contributed by atoms with Gasteiger partial charge < -0.3 is 9.64 Å². The van der Waals surface area contributed by atoms with E-state index in [1.807, 2.05) is 28.0 Å². The lowest BCUT2D eigenvalue weighted by Crippen LogP contribution is -2.36. The number of likely N-dealkylation sites (tertiary alicyclic amines) is 2. The van der Waals surface area contributed by atoms with Gasteiger partial charge in [-0.2, -0.15) is 0 Å². The molecule has 4 rings (SSSR count). The van der Waals surface area contributed by atoms with Crippen LogP contribution in [0, 0.1) is 5.41 Å². The topological polar surface area (TPSA) is 45.7 Å². The summed E-state index contributed by atoms with van der Waals surface area (Å²) in [5.74, 6) is -0.0686.